The zero-order valence-corrected chi connectivity index (χ0v) is 22.1. The van der Waals surface area contributed by atoms with Gasteiger partial charge in [0, 0.05) is 7.05 Å². The first kappa shape index (κ1) is 27.0. The number of aromatic carboxylic acids is 1. The standard InChI is InChI=1S/C28H23ClN2O6S/c1-3-36-27(35)20-9-11-21(12-10-20)30-28-31(2)25(32)24(38-28)15-18-6-13-23(22(29)14-18)37-16-17-4-7-19(8-5-17)26(33)34/h4-15H,3,16H2,1-2H3,(H,33,34)/b24-15-,30-28?. The summed E-state index contributed by atoms with van der Waals surface area (Å²) in [6.07, 6.45) is 1.73. The molecule has 4 rings (SSSR count). The van der Waals surface area contributed by atoms with Crippen molar-refractivity contribution < 1.29 is 29.0 Å². The van der Waals surface area contributed by atoms with Crippen molar-refractivity contribution in [3.05, 3.63) is 98.9 Å². The summed E-state index contributed by atoms with van der Waals surface area (Å²) in [4.78, 5) is 42.1. The number of carbonyl (C=O) groups excluding carboxylic acids is 2. The van der Waals surface area contributed by atoms with E-state index in [2.05, 4.69) is 4.99 Å². The van der Waals surface area contributed by atoms with E-state index in [9.17, 15) is 14.4 Å². The van der Waals surface area contributed by atoms with Crippen LogP contribution >= 0.6 is 23.4 Å². The minimum absolute atomic E-state index is 0.196. The van der Waals surface area contributed by atoms with Crippen LogP contribution in [0.15, 0.2) is 76.6 Å². The van der Waals surface area contributed by atoms with Gasteiger partial charge in [0.15, 0.2) is 5.17 Å². The topological polar surface area (TPSA) is 106 Å². The van der Waals surface area contributed by atoms with Crippen molar-refractivity contribution in [2.75, 3.05) is 13.7 Å². The Morgan fingerprint density at radius 3 is 2.37 bits per heavy atom. The number of likely N-dealkylation sites (N-methyl/N-ethyl adjacent to an activating group) is 1. The highest BCUT2D eigenvalue weighted by molar-refractivity contribution is 8.18. The van der Waals surface area contributed by atoms with E-state index >= 15 is 0 Å². The first-order valence-electron chi connectivity index (χ1n) is 11.5. The number of nitrogens with zero attached hydrogens (tertiary/aromatic N) is 2. The van der Waals surface area contributed by atoms with Gasteiger partial charge in [-0.05, 0) is 84.4 Å². The van der Waals surface area contributed by atoms with Gasteiger partial charge in [0.2, 0.25) is 0 Å². The molecule has 0 spiro atoms. The first-order valence-corrected chi connectivity index (χ1v) is 12.7. The van der Waals surface area contributed by atoms with Crippen LogP contribution in [0.25, 0.3) is 6.08 Å². The number of amides is 1. The number of carbonyl (C=O) groups is 3. The number of thioether (sulfide) groups is 1. The molecule has 3 aromatic carbocycles. The Kier molecular flexibility index (Phi) is 8.50. The summed E-state index contributed by atoms with van der Waals surface area (Å²) >= 11 is 7.65. The number of hydrogen-bond acceptors (Lipinski definition) is 7. The van der Waals surface area contributed by atoms with Gasteiger partial charge in [0.25, 0.3) is 5.91 Å². The fourth-order valence-corrected chi connectivity index (χ4v) is 4.66. The molecule has 0 aromatic heterocycles. The summed E-state index contributed by atoms with van der Waals surface area (Å²) in [7, 11) is 1.65. The number of aliphatic imine (C=N–C) groups is 1. The van der Waals surface area contributed by atoms with E-state index < -0.39 is 11.9 Å². The van der Waals surface area contributed by atoms with Crippen LogP contribution < -0.4 is 4.74 Å². The van der Waals surface area contributed by atoms with Gasteiger partial charge in [-0.3, -0.25) is 9.69 Å². The number of esters is 1. The summed E-state index contributed by atoms with van der Waals surface area (Å²) in [6, 6.07) is 18.3. The fourth-order valence-electron chi connectivity index (χ4n) is 3.43. The summed E-state index contributed by atoms with van der Waals surface area (Å²) in [5, 5.41) is 9.88. The second-order valence-corrected chi connectivity index (χ2v) is 9.53. The molecule has 0 saturated carbocycles. The Labute approximate surface area is 228 Å². The Morgan fingerprint density at radius 1 is 1.05 bits per heavy atom. The molecule has 194 valence electrons. The SMILES string of the molecule is CCOC(=O)c1ccc(N=C2S/C(=C\c3ccc(OCc4ccc(C(=O)O)cc4)c(Cl)c3)C(=O)N2C)cc1. The van der Waals surface area contributed by atoms with E-state index in [0.29, 0.717) is 38.7 Å². The Hall–Kier alpha value is -4.08. The zero-order chi connectivity index (χ0) is 27.2. The molecular weight excluding hydrogens is 528 g/mol. The van der Waals surface area contributed by atoms with Crippen molar-refractivity contribution in [2.45, 2.75) is 13.5 Å². The summed E-state index contributed by atoms with van der Waals surface area (Å²) in [6.45, 7) is 2.27. The van der Waals surface area contributed by atoms with E-state index in [-0.39, 0.29) is 18.1 Å². The molecule has 1 N–H and O–H groups in total. The average molecular weight is 551 g/mol. The number of rotatable bonds is 8. The molecule has 0 radical (unpaired) electrons. The highest BCUT2D eigenvalue weighted by atomic mass is 35.5. The minimum Gasteiger partial charge on any atom is -0.487 e. The van der Waals surface area contributed by atoms with Gasteiger partial charge in [-0.15, -0.1) is 0 Å². The van der Waals surface area contributed by atoms with Crippen molar-refractivity contribution in [3.8, 4) is 5.75 Å². The lowest BCUT2D eigenvalue weighted by Crippen LogP contribution is -2.23. The lowest BCUT2D eigenvalue weighted by atomic mass is 10.1. The number of benzene rings is 3. The van der Waals surface area contributed by atoms with Crippen molar-refractivity contribution in [3.63, 3.8) is 0 Å². The van der Waals surface area contributed by atoms with Crippen LogP contribution in [0.1, 0.15) is 38.8 Å². The predicted octanol–water partition coefficient (Wildman–Crippen LogP) is 6.03. The molecule has 1 fully saturated rings. The second kappa shape index (κ2) is 12.0. The van der Waals surface area contributed by atoms with Crippen LogP contribution in [0.3, 0.4) is 0 Å². The van der Waals surface area contributed by atoms with E-state index in [0.717, 1.165) is 11.1 Å². The highest BCUT2D eigenvalue weighted by Crippen LogP contribution is 2.34. The van der Waals surface area contributed by atoms with E-state index in [1.165, 1.54) is 28.8 Å². The summed E-state index contributed by atoms with van der Waals surface area (Å²) < 4.78 is 10.8. The molecule has 0 aliphatic carbocycles. The number of carboxylic acid groups (broad SMARTS) is 1. The third kappa shape index (κ3) is 6.42. The largest absolute Gasteiger partial charge is 0.487 e. The van der Waals surface area contributed by atoms with Crippen molar-refractivity contribution in [1.82, 2.24) is 4.90 Å². The van der Waals surface area contributed by atoms with Gasteiger partial charge in [0.05, 0.1) is 33.3 Å². The van der Waals surface area contributed by atoms with Crippen LogP contribution in [0.5, 0.6) is 5.75 Å². The summed E-state index contributed by atoms with van der Waals surface area (Å²) in [5.41, 5.74) is 2.76. The summed E-state index contributed by atoms with van der Waals surface area (Å²) in [5.74, 6) is -1.12. The maximum atomic E-state index is 12.8. The lowest BCUT2D eigenvalue weighted by Gasteiger charge is -2.09. The number of hydrogen-bond donors (Lipinski definition) is 1. The molecule has 3 aromatic rings. The van der Waals surface area contributed by atoms with Gasteiger partial charge < -0.3 is 14.6 Å². The van der Waals surface area contributed by atoms with Crippen molar-refractivity contribution in [2.24, 2.45) is 4.99 Å². The van der Waals surface area contributed by atoms with Crippen molar-refractivity contribution >= 4 is 58.1 Å². The zero-order valence-electron chi connectivity index (χ0n) is 20.5. The predicted molar refractivity (Wildman–Crippen MR) is 147 cm³/mol. The van der Waals surface area contributed by atoms with Crippen LogP contribution in [-0.2, 0) is 16.1 Å². The molecule has 1 aliphatic heterocycles. The normalized spacial score (nSPS) is 15.2. The minimum atomic E-state index is -0.988. The molecule has 1 saturated heterocycles. The molecule has 0 unspecified atom stereocenters. The second-order valence-electron chi connectivity index (χ2n) is 8.12. The Bertz CT molecular complexity index is 1430. The quantitative estimate of drug-likeness (QED) is 0.270. The number of halogens is 1. The number of ether oxygens (including phenoxy) is 2. The molecule has 1 amide bonds. The van der Waals surface area contributed by atoms with Gasteiger partial charge in [-0.2, -0.15) is 0 Å². The van der Waals surface area contributed by atoms with E-state index in [1.807, 2.05) is 0 Å². The third-order valence-electron chi connectivity index (χ3n) is 5.46. The smallest absolute Gasteiger partial charge is 0.338 e. The van der Waals surface area contributed by atoms with Crippen molar-refractivity contribution in [1.29, 1.82) is 0 Å². The van der Waals surface area contributed by atoms with Gasteiger partial charge in [-0.1, -0.05) is 29.8 Å². The fraction of sp³-hybridized carbons (Fsp3) is 0.143. The molecule has 1 aliphatic rings. The van der Waals surface area contributed by atoms with Crippen LogP contribution in [-0.4, -0.2) is 46.7 Å². The third-order valence-corrected chi connectivity index (χ3v) is 6.81. The molecule has 10 heteroatoms. The van der Waals surface area contributed by atoms with Gasteiger partial charge in [-0.25, -0.2) is 14.6 Å². The Morgan fingerprint density at radius 2 is 1.74 bits per heavy atom. The number of amidine groups is 1. The average Bonchev–Trinajstić information content (AvgIpc) is 3.16. The van der Waals surface area contributed by atoms with Gasteiger partial charge in [0.1, 0.15) is 12.4 Å². The maximum Gasteiger partial charge on any atom is 0.338 e. The highest BCUT2D eigenvalue weighted by Gasteiger charge is 2.30. The number of carboxylic acids is 1. The van der Waals surface area contributed by atoms with Crippen LogP contribution in [0.2, 0.25) is 5.02 Å². The molecule has 8 nitrogen and oxygen atoms in total. The lowest BCUT2D eigenvalue weighted by molar-refractivity contribution is -0.121. The van der Waals surface area contributed by atoms with Gasteiger partial charge >= 0.3 is 11.9 Å². The van der Waals surface area contributed by atoms with Crippen LogP contribution in [0.4, 0.5) is 5.69 Å². The maximum absolute atomic E-state index is 12.8. The molecular formula is C28H23ClN2O6S. The Balaban J connectivity index is 1.43. The van der Waals surface area contributed by atoms with E-state index in [4.69, 9.17) is 26.2 Å². The molecule has 0 atom stereocenters. The van der Waals surface area contributed by atoms with Crippen LogP contribution in [0, 0.1) is 0 Å². The molecule has 38 heavy (non-hydrogen) atoms. The van der Waals surface area contributed by atoms with E-state index in [1.54, 1.807) is 74.6 Å². The molecule has 1 heterocycles. The monoisotopic (exact) mass is 550 g/mol. The molecule has 0 bridgehead atoms. The first-order chi connectivity index (χ1) is 18.2.